The van der Waals surface area contributed by atoms with Crippen LogP contribution in [0.2, 0.25) is 5.15 Å². The van der Waals surface area contributed by atoms with Crippen molar-refractivity contribution >= 4 is 23.1 Å². The molecule has 1 aromatic heterocycles. The number of nitrogens with zero attached hydrogens (tertiary/aromatic N) is 2. The van der Waals surface area contributed by atoms with Crippen LogP contribution in [0, 0.1) is 5.82 Å². The fourth-order valence-electron chi connectivity index (χ4n) is 1.93. The number of aromatic nitrogens is 2. The summed E-state index contributed by atoms with van der Waals surface area (Å²) in [6, 6.07) is 6.42. The van der Waals surface area contributed by atoms with Crippen molar-refractivity contribution in [3.8, 4) is 0 Å². The molecule has 3 N–H and O–H groups in total. The molecule has 0 amide bonds. The van der Waals surface area contributed by atoms with Crippen molar-refractivity contribution in [3.05, 3.63) is 46.6 Å². The van der Waals surface area contributed by atoms with Crippen molar-refractivity contribution in [2.24, 2.45) is 0 Å². The second-order valence-electron chi connectivity index (χ2n) is 4.75. The minimum atomic E-state index is -0.234. The van der Waals surface area contributed by atoms with Gasteiger partial charge in [-0.3, -0.25) is 0 Å². The van der Waals surface area contributed by atoms with E-state index in [9.17, 15) is 4.39 Å². The molecule has 2 rings (SSSR count). The molecule has 0 aliphatic heterocycles. The maximum atomic E-state index is 12.8. The van der Waals surface area contributed by atoms with E-state index >= 15 is 0 Å². The van der Waals surface area contributed by atoms with E-state index in [0.717, 1.165) is 24.8 Å². The van der Waals surface area contributed by atoms with E-state index in [1.54, 1.807) is 12.1 Å². The Labute approximate surface area is 128 Å². The first-order chi connectivity index (χ1) is 10.1. The molecule has 0 bridgehead atoms. The Morgan fingerprint density at radius 1 is 1.19 bits per heavy atom. The smallest absolute Gasteiger partial charge is 0.157 e. The van der Waals surface area contributed by atoms with Crippen molar-refractivity contribution in [1.82, 2.24) is 9.97 Å². The monoisotopic (exact) mass is 308 g/mol. The van der Waals surface area contributed by atoms with E-state index in [1.807, 2.05) is 0 Å². The molecule has 2 aromatic rings. The third-order valence-electron chi connectivity index (χ3n) is 3.04. The number of nitrogen functional groups attached to an aromatic ring is 1. The average molecular weight is 309 g/mol. The maximum Gasteiger partial charge on any atom is 0.157 e. The normalized spacial score (nSPS) is 10.6. The van der Waals surface area contributed by atoms with Gasteiger partial charge in [0, 0.05) is 13.0 Å². The van der Waals surface area contributed by atoms with Gasteiger partial charge in [0.05, 0.1) is 0 Å². The molecule has 0 aliphatic carbocycles. The molecule has 0 saturated carbocycles. The van der Waals surface area contributed by atoms with Crippen molar-refractivity contribution in [1.29, 1.82) is 0 Å². The van der Waals surface area contributed by atoms with Gasteiger partial charge in [0.15, 0.2) is 11.0 Å². The molecule has 4 nitrogen and oxygen atoms in total. The second kappa shape index (κ2) is 7.22. The summed E-state index contributed by atoms with van der Waals surface area (Å²) in [4.78, 5) is 8.52. The summed E-state index contributed by atoms with van der Waals surface area (Å²) in [5.41, 5.74) is 7.27. The molecule has 1 heterocycles. The molecule has 0 unspecified atom stereocenters. The highest BCUT2D eigenvalue weighted by atomic mass is 35.5. The van der Waals surface area contributed by atoms with Crippen molar-refractivity contribution in [3.63, 3.8) is 0 Å². The molecule has 0 atom stereocenters. The van der Waals surface area contributed by atoms with E-state index < -0.39 is 0 Å². The van der Waals surface area contributed by atoms with Gasteiger partial charge in [0.2, 0.25) is 0 Å². The Bertz CT molecular complexity index is 601. The highest BCUT2D eigenvalue weighted by molar-refractivity contribution is 6.32. The van der Waals surface area contributed by atoms with Crippen LogP contribution in [0.1, 0.15) is 24.7 Å². The molecule has 0 spiro atoms. The van der Waals surface area contributed by atoms with E-state index in [2.05, 4.69) is 22.2 Å². The molecular formula is C15H18ClFN4. The van der Waals surface area contributed by atoms with Gasteiger partial charge >= 0.3 is 0 Å². The van der Waals surface area contributed by atoms with Crippen LogP contribution in [-0.2, 0) is 12.8 Å². The van der Waals surface area contributed by atoms with E-state index in [4.69, 9.17) is 17.3 Å². The summed E-state index contributed by atoms with van der Waals surface area (Å²) in [6.07, 6.45) is 2.44. The number of rotatable bonds is 6. The number of anilines is 2. The SMILES string of the molecule is CCCc1nc(Cl)c(N)c(NCCc2ccc(F)cc2)n1. The summed E-state index contributed by atoms with van der Waals surface area (Å²) in [5, 5.41) is 3.44. The highest BCUT2D eigenvalue weighted by Gasteiger charge is 2.09. The molecule has 21 heavy (non-hydrogen) atoms. The van der Waals surface area contributed by atoms with Crippen LogP contribution in [0.15, 0.2) is 24.3 Å². The second-order valence-corrected chi connectivity index (χ2v) is 5.10. The lowest BCUT2D eigenvalue weighted by molar-refractivity contribution is 0.627. The largest absolute Gasteiger partial charge is 0.393 e. The zero-order valence-corrected chi connectivity index (χ0v) is 12.6. The number of nitrogens with one attached hydrogen (secondary N) is 1. The lowest BCUT2D eigenvalue weighted by Gasteiger charge is -2.11. The summed E-state index contributed by atoms with van der Waals surface area (Å²) in [7, 11) is 0. The Balaban J connectivity index is 2.00. The van der Waals surface area contributed by atoms with Crippen LogP contribution in [0.4, 0.5) is 15.9 Å². The fraction of sp³-hybridized carbons (Fsp3) is 0.333. The highest BCUT2D eigenvalue weighted by Crippen LogP contribution is 2.24. The Kier molecular flexibility index (Phi) is 5.33. The lowest BCUT2D eigenvalue weighted by atomic mass is 10.1. The number of halogens is 2. The molecule has 0 saturated heterocycles. The van der Waals surface area contributed by atoms with Gasteiger partial charge in [-0.05, 0) is 30.5 Å². The van der Waals surface area contributed by atoms with Crippen LogP contribution in [-0.4, -0.2) is 16.5 Å². The van der Waals surface area contributed by atoms with E-state index in [0.29, 0.717) is 23.9 Å². The van der Waals surface area contributed by atoms with Crippen LogP contribution < -0.4 is 11.1 Å². The van der Waals surface area contributed by atoms with E-state index in [1.165, 1.54) is 12.1 Å². The maximum absolute atomic E-state index is 12.8. The van der Waals surface area contributed by atoms with Gasteiger partial charge in [-0.2, -0.15) is 0 Å². The fourth-order valence-corrected chi connectivity index (χ4v) is 2.12. The molecular weight excluding hydrogens is 291 g/mol. The van der Waals surface area contributed by atoms with Crippen molar-refractivity contribution < 1.29 is 4.39 Å². The minimum absolute atomic E-state index is 0.234. The van der Waals surface area contributed by atoms with Crippen LogP contribution >= 0.6 is 11.6 Å². The number of nitrogens with two attached hydrogens (primary N) is 1. The Hall–Kier alpha value is -1.88. The molecule has 1 aromatic carbocycles. The third kappa shape index (κ3) is 4.29. The van der Waals surface area contributed by atoms with Gasteiger partial charge in [0.25, 0.3) is 0 Å². The molecule has 0 fully saturated rings. The zero-order valence-electron chi connectivity index (χ0n) is 11.9. The van der Waals surface area contributed by atoms with Crippen LogP contribution in [0.3, 0.4) is 0 Å². The first kappa shape index (κ1) is 15.5. The molecule has 0 aliphatic rings. The molecule has 112 valence electrons. The summed E-state index contributed by atoms with van der Waals surface area (Å²) in [5.74, 6) is 1.00. The third-order valence-corrected chi connectivity index (χ3v) is 3.33. The topological polar surface area (TPSA) is 63.8 Å². The zero-order chi connectivity index (χ0) is 15.2. The number of aryl methyl sites for hydroxylation is 1. The first-order valence-corrected chi connectivity index (χ1v) is 7.28. The van der Waals surface area contributed by atoms with Crippen molar-refractivity contribution in [2.45, 2.75) is 26.2 Å². The van der Waals surface area contributed by atoms with Crippen LogP contribution in [0.5, 0.6) is 0 Å². The lowest BCUT2D eigenvalue weighted by Crippen LogP contribution is -2.11. The number of benzene rings is 1. The standard InChI is InChI=1S/C15H18ClFN4/c1-2-3-12-20-14(16)13(18)15(21-12)19-9-8-10-4-6-11(17)7-5-10/h4-7H,2-3,8-9,18H2,1H3,(H,19,20,21). The minimum Gasteiger partial charge on any atom is -0.393 e. The average Bonchev–Trinajstić information content (AvgIpc) is 2.46. The van der Waals surface area contributed by atoms with Crippen LogP contribution in [0.25, 0.3) is 0 Å². The quantitative estimate of drug-likeness (QED) is 0.802. The summed E-state index contributed by atoms with van der Waals surface area (Å²) in [6.45, 7) is 2.68. The van der Waals surface area contributed by atoms with Gasteiger partial charge < -0.3 is 11.1 Å². The van der Waals surface area contributed by atoms with E-state index in [-0.39, 0.29) is 11.0 Å². The number of hydrogen-bond donors (Lipinski definition) is 2. The van der Waals surface area contributed by atoms with Crippen molar-refractivity contribution in [2.75, 3.05) is 17.6 Å². The van der Waals surface area contributed by atoms with Gasteiger partial charge in [-0.15, -0.1) is 0 Å². The summed E-state index contributed by atoms with van der Waals surface area (Å²) < 4.78 is 12.8. The predicted molar refractivity (Wildman–Crippen MR) is 84.0 cm³/mol. The molecule has 0 radical (unpaired) electrons. The van der Waals surface area contributed by atoms with Gasteiger partial charge in [0.1, 0.15) is 17.3 Å². The van der Waals surface area contributed by atoms with Gasteiger partial charge in [-0.25, -0.2) is 14.4 Å². The first-order valence-electron chi connectivity index (χ1n) is 6.90. The summed E-state index contributed by atoms with van der Waals surface area (Å²) >= 11 is 6.01. The molecule has 6 heteroatoms. The van der Waals surface area contributed by atoms with Gasteiger partial charge in [-0.1, -0.05) is 30.7 Å². The predicted octanol–water partition coefficient (Wildman–Crippen LogP) is 3.46. The Morgan fingerprint density at radius 3 is 2.57 bits per heavy atom. The Morgan fingerprint density at radius 2 is 1.90 bits per heavy atom. The number of hydrogen-bond acceptors (Lipinski definition) is 4.